The molecule has 44 heavy (non-hydrogen) atoms. The Morgan fingerprint density at radius 2 is 1.05 bits per heavy atom. The number of fused-ring (bicyclic) bond motifs is 10. The number of nitriles is 2. The number of aromatic nitrogens is 2. The molecule has 0 amide bonds. The standard InChI is InChI=1S/C40H26N4/c41-24-9-12-29(26-42)34(23-25-43-35-17-7-5-15-32(35)33-16-6-8-18-36(33)43)44-37-21-19-27-10-1-3-13-30(27)39(37)40-31-14-4-2-11-28(31)20-22-38(40)44/h1-8,10-23H,9,25H2/b29-12-,34-23+. The number of allylic oxidation sites excluding steroid dienone is 4. The van der Waals surface area contributed by atoms with Gasteiger partial charge in [0.2, 0.25) is 0 Å². The first kappa shape index (κ1) is 25.6. The van der Waals surface area contributed by atoms with Crippen LogP contribution in [0, 0.1) is 22.7 Å². The third kappa shape index (κ3) is 3.83. The summed E-state index contributed by atoms with van der Waals surface area (Å²) in [6.07, 6.45) is 4.05. The van der Waals surface area contributed by atoms with Crippen molar-refractivity contribution in [3.8, 4) is 12.1 Å². The summed E-state index contributed by atoms with van der Waals surface area (Å²) in [6, 6.07) is 47.2. The highest BCUT2D eigenvalue weighted by Gasteiger charge is 2.20. The molecular weight excluding hydrogens is 536 g/mol. The van der Waals surface area contributed by atoms with E-state index in [1.165, 1.54) is 32.3 Å². The molecule has 2 heterocycles. The Kier molecular flexibility index (Phi) is 6.00. The second kappa shape index (κ2) is 10.3. The van der Waals surface area contributed by atoms with Crippen LogP contribution in [0.2, 0.25) is 0 Å². The lowest BCUT2D eigenvalue weighted by Crippen LogP contribution is -2.03. The van der Waals surface area contributed by atoms with Crippen LogP contribution in [0.15, 0.2) is 139 Å². The molecule has 4 nitrogen and oxygen atoms in total. The highest BCUT2D eigenvalue weighted by atomic mass is 15.0. The van der Waals surface area contributed by atoms with Crippen LogP contribution in [0.3, 0.4) is 0 Å². The van der Waals surface area contributed by atoms with Gasteiger partial charge in [0.05, 0.1) is 34.8 Å². The first-order valence-electron chi connectivity index (χ1n) is 14.8. The van der Waals surface area contributed by atoms with Gasteiger partial charge < -0.3 is 9.13 Å². The van der Waals surface area contributed by atoms with Gasteiger partial charge in [-0.05, 0) is 51.9 Å². The molecule has 6 aromatic carbocycles. The maximum atomic E-state index is 10.5. The van der Waals surface area contributed by atoms with Crippen molar-refractivity contribution in [1.82, 2.24) is 9.13 Å². The smallest absolute Gasteiger partial charge is 0.101 e. The zero-order valence-corrected chi connectivity index (χ0v) is 23.9. The van der Waals surface area contributed by atoms with Gasteiger partial charge in [0.15, 0.2) is 0 Å². The lowest BCUT2D eigenvalue weighted by Gasteiger charge is -2.14. The van der Waals surface area contributed by atoms with E-state index in [0.29, 0.717) is 12.1 Å². The van der Waals surface area contributed by atoms with Gasteiger partial charge in [-0.1, -0.05) is 103 Å². The predicted molar refractivity (Wildman–Crippen MR) is 182 cm³/mol. The maximum Gasteiger partial charge on any atom is 0.101 e. The number of benzene rings is 6. The second-order valence-electron chi connectivity index (χ2n) is 11.0. The Hall–Kier alpha value is -6.10. The molecule has 0 saturated carbocycles. The second-order valence-corrected chi connectivity index (χ2v) is 11.0. The lowest BCUT2D eigenvalue weighted by atomic mass is 10.00. The van der Waals surface area contributed by atoms with Gasteiger partial charge in [0.25, 0.3) is 0 Å². The molecule has 0 atom stereocenters. The van der Waals surface area contributed by atoms with Gasteiger partial charge in [-0.15, -0.1) is 0 Å². The van der Waals surface area contributed by atoms with Crippen molar-refractivity contribution < 1.29 is 0 Å². The van der Waals surface area contributed by atoms with Crippen molar-refractivity contribution in [2.45, 2.75) is 13.0 Å². The molecule has 0 bridgehead atoms. The van der Waals surface area contributed by atoms with E-state index in [1.54, 1.807) is 6.08 Å². The van der Waals surface area contributed by atoms with Crippen LogP contribution in [0.25, 0.3) is 70.9 Å². The predicted octanol–water partition coefficient (Wildman–Crippen LogP) is 10.1. The summed E-state index contributed by atoms with van der Waals surface area (Å²) in [6.45, 7) is 0.553. The first-order valence-corrected chi connectivity index (χ1v) is 14.8. The quantitative estimate of drug-likeness (QED) is 0.155. The molecule has 0 aliphatic rings. The Morgan fingerprint density at radius 1 is 0.545 bits per heavy atom. The summed E-state index contributed by atoms with van der Waals surface area (Å²) < 4.78 is 4.53. The number of hydrogen-bond donors (Lipinski definition) is 0. The molecule has 0 radical (unpaired) electrons. The van der Waals surface area contributed by atoms with Crippen LogP contribution in [-0.2, 0) is 6.54 Å². The van der Waals surface area contributed by atoms with E-state index in [1.807, 2.05) is 0 Å². The maximum absolute atomic E-state index is 10.5. The molecule has 8 rings (SSSR count). The van der Waals surface area contributed by atoms with E-state index in [2.05, 4.69) is 149 Å². The van der Waals surface area contributed by atoms with E-state index in [9.17, 15) is 10.5 Å². The van der Waals surface area contributed by atoms with Gasteiger partial charge in [0.1, 0.15) is 6.07 Å². The summed E-state index contributed by atoms with van der Waals surface area (Å²) in [7, 11) is 0. The average Bonchev–Trinajstić information content (AvgIpc) is 3.59. The van der Waals surface area contributed by atoms with E-state index in [0.717, 1.165) is 38.5 Å². The van der Waals surface area contributed by atoms with Gasteiger partial charge in [-0.3, -0.25) is 0 Å². The third-order valence-corrected chi connectivity index (χ3v) is 8.73. The SMILES string of the molecule is N#CC/C=C(C#N)\C(=C/Cn1c2ccccc2c2ccccc21)n1c2ccc3ccccc3c2c2c3ccccc3ccc21. The molecule has 0 aliphatic carbocycles. The fraction of sp³-hybridized carbons (Fsp3) is 0.0500. The number of rotatable bonds is 5. The molecule has 4 heteroatoms. The fourth-order valence-electron chi connectivity index (χ4n) is 6.86. The van der Waals surface area contributed by atoms with Crippen LogP contribution < -0.4 is 0 Å². The van der Waals surface area contributed by atoms with Crippen molar-refractivity contribution >= 4 is 70.9 Å². The normalized spacial score (nSPS) is 12.5. The molecule has 0 spiro atoms. The van der Waals surface area contributed by atoms with E-state index >= 15 is 0 Å². The van der Waals surface area contributed by atoms with Crippen molar-refractivity contribution in [2.24, 2.45) is 0 Å². The van der Waals surface area contributed by atoms with E-state index in [-0.39, 0.29) is 6.42 Å². The topological polar surface area (TPSA) is 57.4 Å². The first-order chi connectivity index (χ1) is 21.8. The lowest BCUT2D eigenvalue weighted by molar-refractivity contribution is 0.895. The minimum atomic E-state index is 0.151. The molecule has 0 aliphatic heterocycles. The van der Waals surface area contributed by atoms with Crippen LogP contribution in [-0.4, -0.2) is 9.13 Å². The van der Waals surface area contributed by atoms with Crippen molar-refractivity contribution in [1.29, 1.82) is 10.5 Å². The van der Waals surface area contributed by atoms with E-state index in [4.69, 9.17) is 0 Å². The molecule has 2 aromatic heterocycles. The summed E-state index contributed by atoms with van der Waals surface area (Å²) in [5, 5.41) is 29.4. The summed E-state index contributed by atoms with van der Waals surface area (Å²) >= 11 is 0. The van der Waals surface area contributed by atoms with Gasteiger partial charge in [-0.25, -0.2) is 0 Å². The number of para-hydroxylation sites is 2. The molecular formula is C40H26N4. The molecule has 0 N–H and O–H groups in total. The highest BCUT2D eigenvalue weighted by molar-refractivity contribution is 6.29. The minimum Gasteiger partial charge on any atom is -0.336 e. The zero-order valence-electron chi connectivity index (χ0n) is 23.9. The van der Waals surface area contributed by atoms with Crippen LogP contribution in [0.4, 0.5) is 0 Å². The van der Waals surface area contributed by atoms with Crippen molar-refractivity contribution in [3.05, 3.63) is 139 Å². The van der Waals surface area contributed by atoms with Crippen molar-refractivity contribution in [2.75, 3.05) is 0 Å². The van der Waals surface area contributed by atoms with Crippen LogP contribution in [0.5, 0.6) is 0 Å². The largest absolute Gasteiger partial charge is 0.336 e. The van der Waals surface area contributed by atoms with Crippen LogP contribution >= 0.6 is 0 Å². The van der Waals surface area contributed by atoms with Gasteiger partial charge >= 0.3 is 0 Å². The summed E-state index contributed by atoms with van der Waals surface area (Å²) in [5.41, 5.74) is 5.59. The average molecular weight is 563 g/mol. The van der Waals surface area contributed by atoms with E-state index < -0.39 is 0 Å². The monoisotopic (exact) mass is 562 g/mol. The zero-order chi connectivity index (χ0) is 29.6. The number of hydrogen-bond acceptors (Lipinski definition) is 2. The summed E-state index contributed by atoms with van der Waals surface area (Å²) in [5.74, 6) is 0. The molecule has 8 aromatic rings. The number of nitrogens with zero attached hydrogens (tertiary/aromatic N) is 4. The third-order valence-electron chi connectivity index (χ3n) is 8.73. The summed E-state index contributed by atoms with van der Waals surface area (Å²) in [4.78, 5) is 0. The Bertz CT molecular complexity index is 2430. The Balaban J connectivity index is 1.48. The molecule has 206 valence electrons. The molecule has 0 fully saturated rings. The molecule has 0 unspecified atom stereocenters. The fourth-order valence-corrected chi connectivity index (χ4v) is 6.86. The molecule has 0 saturated heterocycles. The Morgan fingerprint density at radius 3 is 1.57 bits per heavy atom. The van der Waals surface area contributed by atoms with Crippen LogP contribution in [0.1, 0.15) is 6.42 Å². The Labute approximate surface area is 254 Å². The van der Waals surface area contributed by atoms with Gasteiger partial charge in [-0.2, -0.15) is 10.5 Å². The minimum absolute atomic E-state index is 0.151. The highest BCUT2D eigenvalue weighted by Crippen LogP contribution is 2.41. The van der Waals surface area contributed by atoms with Gasteiger partial charge in [0, 0.05) is 39.1 Å². The van der Waals surface area contributed by atoms with Crippen molar-refractivity contribution in [3.63, 3.8) is 0 Å².